The summed E-state index contributed by atoms with van der Waals surface area (Å²) in [5.41, 5.74) is 0. The Labute approximate surface area is 140 Å². The van der Waals surface area contributed by atoms with Crippen LogP contribution in [0.1, 0.15) is 72.6 Å². The van der Waals surface area contributed by atoms with Crippen molar-refractivity contribution in [2.24, 2.45) is 17.8 Å². The molecule has 0 aromatic heterocycles. The van der Waals surface area contributed by atoms with Crippen molar-refractivity contribution in [1.82, 2.24) is 9.80 Å². The smallest absolute Gasteiger partial charge is 0.000767 e. The highest BCUT2D eigenvalue weighted by atomic mass is 15.1. The topological polar surface area (TPSA) is 6.48 Å². The fourth-order valence-corrected chi connectivity index (χ4v) is 3.77. The van der Waals surface area contributed by atoms with Crippen LogP contribution in [0.4, 0.5) is 0 Å². The first-order valence-electron chi connectivity index (χ1n) is 9.88. The summed E-state index contributed by atoms with van der Waals surface area (Å²) in [6.45, 7) is 15.9. The SMILES string of the molecule is CC(C)CCCCCCN1CCC(CN(C)CC(C)C)CC1. The van der Waals surface area contributed by atoms with Gasteiger partial charge in [0.2, 0.25) is 0 Å². The quantitative estimate of drug-likeness (QED) is 0.501. The van der Waals surface area contributed by atoms with Gasteiger partial charge in [0, 0.05) is 13.1 Å². The summed E-state index contributed by atoms with van der Waals surface area (Å²) in [4.78, 5) is 5.25. The van der Waals surface area contributed by atoms with Crippen LogP contribution in [0.3, 0.4) is 0 Å². The van der Waals surface area contributed by atoms with Crippen molar-refractivity contribution in [1.29, 1.82) is 0 Å². The van der Waals surface area contributed by atoms with E-state index in [0.29, 0.717) is 0 Å². The minimum atomic E-state index is 0.792. The van der Waals surface area contributed by atoms with Gasteiger partial charge in [0.1, 0.15) is 0 Å². The van der Waals surface area contributed by atoms with Crippen molar-refractivity contribution in [2.45, 2.75) is 72.6 Å². The molecule has 2 nitrogen and oxygen atoms in total. The molecule has 1 aliphatic rings. The first-order valence-corrected chi connectivity index (χ1v) is 9.88. The summed E-state index contributed by atoms with van der Waals surface area (Å²) in [7, 11) is 2.30. The molecule has 0 amide bonds. The van der Waals surface area contributed by atoms with Gasteiger partial charge in [0.25, 0.3) is 0 Å². The van der Waals surface area contributed by atoms with Gasteiger partial charge in [-0.25, -0.2) is 0 Å². The van der Waals surface area contributed by atoms with Crippen LogP contribution in [-0.4, -0.2) is 49.6 Å². The minimum absolute atomic E-state index is 0.792. The maximum atomic E-state index is 2.71. The second-order valence-corrected chi connectivity index (χ2v) is 8.50. The zero-order valence-corrected chi connectivity index (χ0v) is 16.1. The largest absolute Gasteiger partial charge is 0.306 e. The molecule has 1 aliphatic heterocycles. The second-order valence-electron chi connectivity index (χ2n) is 8.50. The Kier molecular flexibility index (Phi) is 10.4. The predicted octanol–water partition coefficient (Wildman–Crippen LogP) is 4.89. The maximum Gasteiger partial charge on any atom is 0.000767 e. The number of hydrogen-bond acceptors (Lipinski definition) is 2. The van der Waals surface area contributed by atoms with E-state index in [1.807, 2.05) is 0 Å². The Bertz CT molecular complexity index is 254. The van der Waals surface area contributed by atoms with Crippen LogP contribution in [0.2, 0.25) is 0 Å². The van der Waals surface area contributed by atoms with Crippen molar-refractivity contribution < 1.29 is 0 Å². The molecule has 0 radical (unpaired) electrons. The summed E-state index contributed by atoms with van der Waals surface area (Å²) in [6, 6.07) is 0. The van der Waals surface area contributed by atoms with Crippen molar-refractivity contribution in [2.75, 3.05) is 39.8 Å². The molecule has 0 aromatic rings. The van der Waals surface area contributed by atoms with Crippen LogP contribution in [0.25, 0.3) is 0 Å². The zero-order chi connectivity index (χ0) is 16.4. The van der Waals surface area contributed by atoms with Crippen molar-refractivity contribution >= 4 is 0 Å². The normalized spacial score (nSPS) is 18.0. The van der Waals surface area contributed by atoms with Gasteiger partial charge in [0.15, 0.2) is 0 Å². The summed E-state index contributed by atoms with van der Waals surface area (Å²) in [5, 5.41) is 0. The number of likely N-dealkylation sites (tertiary alicyclic amines) is 1. The van der Waals surface area contributed by atoms with Crippen molar-refractivity contribution in [3.05, 3.63) is 0 Å². The van der Waals surface area contributed by atoms with Gasteiger partial charge in [-0.15, -0.1) is 0 Å². The predicted molar refractivity (Wildman–Crippen MR) is 99.4 cm³/mol. The Balaban J connectivity index is 2.00. The Hall–Kier alpha value is -0.0800. The average molecular weight is 311 g/mol. The van der Waals surface area contributed by atoms with E-state index in [4.69, 9.17) is 0 Å². The highest BCUT2D eigenvalue weighted by Gasteiger charge is 2.20. The molecular weight excluding hydrogens is 268 g/mol. The molecule has 132 valence electrons. The first kappa shape index (κ1) is 20.0. The molecule has 1 saturated heterocycles. The van der Waals surface area contributed by atoms with Gasteiger partial charge in [-0.1, -0.05) is 53.4 Å². The first-order chi connectivity index (χ1) is 10.5. The highest BCUT2D eigenvalue weighted by molar-refractivity contribution is 4.74. The second kappa shape index (κ2) is 11.5. The third-order valence-corrected chi connectivity index (χ3v) is 4.96. The summed E-state index contributed by atoms with van der Waals surface area (Å²) in [6.07, 6.45) is 9.96. The lowest BCUT2D eigenvalue weighted by molar-refractivity contribution is 0.148. The molecule has 0 aromatic carbocycles. The lowest BCUT2D eigenvalue weighted by atomic mass is 9.95. The van der Waals surface area contributed by atoms with Crippen LogP contribution < -0.4 is 0 Å². The van der Waals surface area contributed by atoms with Crippen molar-refractivity contribution in [3.63, 3.8) is 0 Å². The van der Waals surface area contributed by atoms with Gasteiger partial charge in [0.05, 0.1) is 0 Å². The lowest BCUT2D eigenvalue weighted by Crippen LogP contribution is -2.38. The fraction of sp³-hybridized carbons (Fsp3) is 1.00. The monoisotopic (exact) mass is 310 g/mol. The fourth-order valence-electron chi connectivity index (χ4n) is 3.77. The summed E-state index contributed by atoms with van der Waals surface area (Å²) >= 11 is 0. The van der Waals surface area contributed by atoms with Crippen LogP contribution >= 0.6 is 0 Å². The van der Waals surface area contributed by atoms with E-state index in [-0.39, 0.29) is 0 Å². The molecule has 22 heavy (non-hydrogen) atoms. The van der Waals surface area contributed by atoms with Crippen LogP contribution in [0.5, 0.6) is 0 Å². The number of nitrogens with zero attached hydrogens (tertiary/aromatic N) is 2. The third-order valence-electron chi connectivity index (χ3n) is 4.96. The molecule has 0 atom stereocenters. The molecule has 1 fully saturated rings. The van der Waals surface area contributed by atoms with E-state index in [2.05, 4.69) is 44.5 Å². The maximum absolute atomic E-state index is 2.71. The van der Waals surface area contributed by atoms with E-state index < -0.39 is 0 Å². The molecule has 1 heterocycles. The lowest BCUT2D eigenvalue weighted by Gasteiger charge is -2.34. The van der Waals surface area contributed by atoms with Gasteiger partial charge < -0.3 is 9.80 Å². The average Bonchev–Trinajstić information content (AvgIpc) is 2.43. The third kappa shape index (κ3) is 9.84. The summed E-state index contributed by atoms with van der Waals surface area (Å²) < 4.78 is 0. The van der Waals surface area contributed by atoms with Gasteiger partial charge in [-0.05, 0) is 63.7 Å². The van der Waals surface area contributed by atoms with Gasteiger partial charge >= 0.3 is 0 Å². The number of hydrogen-bond donors (Lipinski definition) is 0. The minimum Gasteiger partial charge on any atom is -0.306 e. The molecule has 0 N–H and O–H groups in total. The molecular formula is C20H42N2. The standard InChI is InChI=1S/C20H42N2/c1-18(2)10-8-6-7-9-13-22-14-11-20(12-15-22)17-21(5)16-19(3)4/h18-20H,6-17H2,1-5H3. The zero-order valence-electron chi connectivity index (χ0n) is 16.1. The van der Waals surface area contributed by atoms with E-state index in [1.165, 1.54) is 77.7 Å². The number of piperidine rings is 1. The van der Waals surface area contributed by atoms with E-state index in [1.54, 1.807) is 0 Å². The Morgan fingerprint density at radius 3 is 2.14 bits per heavy atom. The number of rotatable bonds is 11. The molecule has 0 saturated carbocycles. The molecule has 1 rings (SSSR count). The molecule has 2 heteroatoms. The Morgan fingerprint density at radius 1 is 0.909 bits per heavy atom. The van der Waals surface area contributed by atoms with Crippen molar-refractivity contribution in [3.8, 4) is 0 Å². The van der Waals surface area contributed by atoms with Gasteiger partial charge in [-0.2, -0.15) is 0 Å². The van der Waals surface area contributed by atoms with Crippen LogP contribution in [0.15, 0.2) is 0 Å². The molecule has 0 spiro atoms. The van der Waals surface area contributed by atoms with Crippen LogP contribution in [-0.2, 0) is 0 Å². The van der Waals surface area contributed by atoms with E-state index in [9.17, 15) is 0 Å². The van der Waals surface area contributed by atoms with E-state index in [0.717, 1.165) is 17.8 Å². The highest BCUT2D eigenvalue weighted by Crippen LogP contribution is 2.19. The van der Waals surface area contributed by atoms with Crippen LogP contribution in [0, 0.1) is 17.8 Å². The number of unbranched alkanes of at least 4 members (excludes halogenated alkanes) is 3. The summed E-state index contributed by atoms with van der Waals surface area (Å²) in [5.74, 6) is 2.61. The Morgan fingerprint density at radius 2 is 1.55 bits per heavy atom. The molecule has 0 aliphatic carbocycles. The molecule has 0 unspecified atom stereocenters. The van der Waals surface area contributed by atoms with E-state index >= 15 is 0 Å². The van der Waals surface area contributed by atoms with Gasteiger partial charge in [-0.3, -0.25) is 0 Å². The molecule has 0 bridgehead atoms.